The monoisotopic (exact) mass is 298 g/mol. The number of ether oxygens (including phenoxy) is 1. The summed E-state index contributed by atoms with van der Waals surface area (Å²) in [7, 11) is 0. The first kappa shape index (κ1) is 15.2. The van der Waals surface area contributed by atoms with Crippen LogP contribution in [0.15, 0.2) is 0 Å². The van der Waals surface area contributed by atoms with Gasteiger partial charge in [0.05, 0.1) is 11.2 Å². The van der Waals surface area contributed by atoms with Gasteiger partial charge in [-0.2, -0.15) is 11.8 Å². The van der Waals surface area contributed by atoms with Crippen LogP contribution in [0.2, 0.25) is 0 Å². The highest BCUT2D eigenvalue weighted by molar-refractivity contribution is 7.99. The highest BCUT2D eigenvalue weighted by Gasteiger charge is 2.50. The molecule has 0 aromatic heterocycles. The standard InChI is InChI=1S/C17H30O2S/c1-13-3-4-14(2)17(18,11-13)15-5-8-19-16(12-15)6-9-20-10-7-16/h13-15,18H,3-12H2,1-2H3. The van der Waals surface area contributed by atoms with Crippen LogP contribution in [0.4, 0.5) is 0 Å². The normalized spacial score (nSPS) is 45.5. The molecule has 20 heavy (non-hydrogen) atoms. The Bertz CT molecular complexity index is 334. The van der Waals surface area contributed by atoms with E-state index in [1.54, 1.807) is 0 Å². The van der Waals surface area contributed by atoms with Gasteiger partial charge in [0, 0.05) is 6.61 Å². The van der Waals surface area contributed by atoms with Gasteiger partial charge < -0.3 is 9.84 Å². The van der Waals surface area contributed by atoms with Gasteiger partial charge in [0.25, 0.3) is 0 Å². The first-order chi connectivity index (χ1) is 9.54. The van der Waals surface area contributed by atoms with Gasteiger partial charge in [0.1, 0.15) is 0 Å². The third-order valence-electron chi connectivity index (χ3n) is 6.23. The van der Waals surface area contributed by atoms with Crippen molar-refractivity contribution in [3.8, 4) is 0 Å². The second-order valence-corrected chi connectivity index (χ2v) is 8.84. The largest absolute Gasteiger partial charge is 0.389 e. The summed E-state index contributed by atoms with van der Waals surface area (Å²) < 4.78 is 6.21. The minimum Gasteiger partial charge on any atom is -0.389 e. The van der Waals surface area contributed by atoms with E-state index in [0.717, 1.165) is 25.9 Å². The highest BCUT2D eigenvalue weighted by atomic mass is 32.2. The smallest absolute Gasteiger partial charge is 0.0705 e. The van der Waals surface area contributed by atoms with E-state index in [-0.39, 0.29) is 5.60 Å². The minimum absolute atomic E-state index is 0.101. The van der Waals surface area contributed by atoms with E-state index in [1.807, 2.05) is 0 Å². The van der Waals surface area contributed by atoms with Crippen LogP contribution in [-0.2, 0) is 4.74 Å². The SMILES string of the molecule is CC1CCC(C)C(O)(C2CCOC3(CCSCC3)C2)C1. The van der Waals surface area contributed by atoms with Crippen LogP contribution in [-0.4, -0.2) is 34.4 Å². The molecule has 0 amide bonds. The first-order valence-corrected chi connectivity index (χ1v) is 9.64. The molecule has 1 N–H and O–H groups in total. The zero-order valence-corrected chi connectivity index (χ0v) is 13.9. The zero-order valence-electron chi connectivity index (χ0n) is 13.1. The summed E-state index contributed by atoms with van der Waals surface area (Å²) in [4.78, 5) is 0. The minimum atomic E-state index is -0.432. The molecule has 0 bridgehead atoms. The van der Waals surface area contributed by atoms with E-state index in [4.69, 9.17) is 4.74 Å². The first-order valence-electron chi connectivity index (χ1n) is 8.48. The number of hydrogen-bond acceptors (Lipinski definition) is 3. The zero-order chi connectivity index (χ0) is 14.2. The van der Waals surface area contributed by atoms with E-state index in [9.17, 15) is 5.11 Å². The van der Waals surface area contributed by atoms with Crippen molar-refractivity contribution in [1.29, 1.82) is 0 Å². The van der Waals surface area contributed by atoms with E-state index in [2.05, 4.69) is 25.6 Å². The Morgan fingerprint density at radius 2 is 1.80 bits per heavy atom. The second kappa shape index (κ2) is 5.81. The van der Waals surface area contributed by atoms with Crippen LogP contribution in [0.3, 0.4) is 0 Å². The lowest BCUT2D eigenvalue weighted by Gasteiger charge is -2.52. The molecular formula is C17H30O2S. The van der Waals surface area contributed by atoms with Crippen LogP contribution in [0.5, 0.6) is 0 Å². The molecule has 3 heteroatoms. The van der Waals surface area contributed by atoms with Crippen molar-refractivity contribution in [3.63, 3.8) is 0 Å². The average Bonchev–Trinajstić information content (AvgIpc) is 2.44. The lowest BCUT2D eigenvalue weighted by Crippen LogP contribution is -2.54. The maximum Gasteiger partial charge on any atom is 0.0705 e. The van der Waals surface area contributed by atoms with Gasteiger partial charge in [0.15, 0.2) is 0 Å². The van der Waals surface area contributed by atoms with Crippen LogP contribution >= 0.6 is 11.8 Å². The molecule has 0 aromatic carbocycles. The lowest BCUT2D eigenvalue weighted by atomic mass is 9.62. The maximum absolute atomic E-state index is 11.4. The molecule has 2 nitrogen and oxygen atoms in total. The fourth-order valence-corrected chi connectivity index (χ4v) is 6.00. The lowest BCUT2D eigenvalue weighted by molar-refractivity contribution is -0.174. The number of thioether (sulfide) groups is 1. The van der Waals surface area contributed by atoms with Gasteiger partial charge in [-0.1, -0.05) is 20.3 Å². The molecule has 4 atom stereocenters. The summed E-state index contributed by atoms with van der Waals surface area (Å²) in [6.45, 7) is 5.44. The Hall–Kier alpha value is 0.270. The van der Waals surface area contributed by atoms with Gasteiger partial charge in [0.2, 0.25) is 0 Å². The Kier molecular flexibility index (Phi) is 4.41. The van der Waals surface area contributed by atoms with Crippen molar-refractivity contribution < 1.29 is 9.84 Å². The second-order valence-electron chi connectivity index (χ2n) is 7.61. The molecule has 1 spiro atoms. The molecule has 4 unspecified atom stereocenters. The summed E-state index contributed by atoms with van der Waals surface area (Å²) >= 11 is 2.06. The summed E-state index contributed by atoms with van der Waals surface area (Å²) in [5.74, 6) is 4.06. The van der Waals surface area contributed by atoms with E-state index in [0.29, 0.717) is 17.8 Å². The highest BCUT2D eigenvalue weighted by Crippen LogP contribution is 2.49. The van der Waals surface area contributed by atoms with Crippen molar-refractivity contribution in [1.82, 2.24) is 0 Å². The molecule has 3 fully saturated rings. The summed E-state index contributed by atoms with van der Waals surface area (Å²) in [6, 6.07) is 0. The molecule has 2 aliphatic heterocycles. The molecule has 3 aliphatic rings. The van der Waals surface area contributed by atoms with Crippen LogP contribution in [0, 0.1) is 17.8 Å². The number of rotatable bonds is 1. The van der Waals surface area contributed by atoms with Gasteiger partial charge in [-0.25, -0.2) is 0 Å². The summed E-state index contributed by atoms with van der Waals surface area (Å²) in [5.41, 5.74) is -0.330. The van der Waals surface area contributed by atoms with Crippen LogP contribution in [0.1, 0.15) is 58.8 Å². The number of hydrogen-bond donors (Lipinski definition) is 1. The maximum atomic E-state index is 11.4. The van der Waals surface area contributed by atoms with Crippen molar-refractivity contribution in [2.45, 2.75) is 70.0 Å². The van der Waals surface area contributed by atoms with Crippen molar-refractivity contribution in [3.05, 3.63) is 0 Å². The Balaban J connectivity index is 1.75. The summed E-state index contributed by atoms with van der Waals surface area (Å²) in [5, 5.41) is 11.4. The molecule has 116 valence electrons. The third-order valence-corrected chi connectivity index (χ3v) is 7.21. The molecule has 1 aliphatic carbocycles. The van der Waals surface area contributed by atoms with Gasteiger partial charge in [-0.3, -0.25) is 0 Å². The van der Waals surface area contributed by atoms with E-state index >= 15 is 0 Å². The Morgan fingerprint density at radius 3 is 2.55 bits per heavy atom. The molecule has 2 heterocycles. The molecular weight excluding hydrogens is 268 g/mol. The van der Waals surface area contributed by atoms with Crippen molar-refractivity contribution >= 4 is 11.8 Å². The predicted octanol–water partition coefficient (Wildman–Crippen LogP) is 3.87. The topological polar surface area (TPSA) is 29.5 Å². The molecule has 1 saturated carbocycles. The molecule has 0 aromatic rings. The molecule has 2 saturated heterocycles. The fourth-order valence-electron chi connectivity index (χ4n) is 4.76. The Labute approximate surface area is 128 Å². The van der Waals surface area contributed by atoms with Crippen molar-refractivity contribution in [2.24, 2.45) is 17.8 Å². The van der Waals surface area contributed by atoms with Crippen molar-refractivity contribution in [2.75, 3.05) is 18.1 Å². The number of aliphatic hydroxyl groups is 1. The predicted molar refractivity (Wildman–Crippen MR) is 85.1 cm³/mol. The molecule has 0 radical (unpaired) electrons. The third kappa shape index (κ3) is 2.78. The van der Waals surface area contributed by atoms with Gasteiger partial charge in [-0.05, 0) is 67.8 Å². The summed E-state index contributed by atoms with van der Waals surface area (Å²) in [6.07, 6.45) is 8.02. The Morgan fingerprint density at radius 1 is 1.05 bits per heavy atom. The quantitative estimate of drug-likeness (QED) is 0.797. The van der Waals surface area contributed by atoms with Crippen LogP contribution in [0.25, 0.3) is 0 Å². The van der Waals surface area contributed by atoms with E-state index in [1.165, 1.54) is 37.2 Å². The van der Waals surface area contributed by atoms with Crippen LogP contribution < -0.4 is 0 Å². The fraction of sp³-hybridized carbons (Fsp3) is 1.00. The van der Waals surface area contributed by atoms with Gasteiger partial charge in [-0.15, -0.1) is 0 Å². The van der Waals surface area contributed by atoms with Gasteiger partial charge >= 0.3 is 0 Å². The average molecular weight is 298 g/mol. The molecule has 3 rings (SSSR count). The van der Waals surface area contributed by atoms with E-state index < -0.39 is 5.60 Å².